The monoisotopic (exact) mass is 267 g/mol. The molecule has 0 aromatic carbocycles. The first kappa shape index (κ1) is 14.0. The summed E-state index contributed by atoms with van der Waals surface area (Å²) >= 11 is 0. The van der Waals surface area contributed by atoms with Gasteiger partial charge in [0, 0.05) is 32.7 Å². The molecule has 2 atom stereocenters. The Morgan fingerprint density at radius 3 is 3.00 bits per heavy atom. The Kier molecular flexibility index (Phi) is 4.21. The zero-order chi connectivity index (χ0) is 14.0. The molecular weight excluding hydrogens is 246 g/mol. The van der Waals surface area contributed by atoms with E-state index in [-0.39, 0.29) is 18.1 Å². The zero-order valence-electron chi connectivity index (χ0n) is 11.9. The van der Waals surface area contributed by atoms with Crippen LogP contribution in [0.4, 0.5) is 0 Å². The highest BCUT2D eigenvalue weighted by Gasteiger charge is 2.31. The molecule has 1 aliphatic rings. The van der Waals surface area contributed by atoms with Crippen molar-refractivity contribution in [3.05, 3.63) is 17.0 Å². The van der Waals surface area contributed by atoms with Gasteiger partial charge in [-0.05, 0) is 13.8 Å². The van der Waals surface area contributed by atoms with Crippen molar-refractivity contribution in [2.45, 2.75) is 32.5 Å². The molecule has 106 valence electrons. The Labute approximate surface area is 113 Å². The Morgan fingerprint density at radius 2 is 2.32 bits per heavy atom. The zero-order valence-corrected chi connectivity index (χ0v) is 11.9. The molecule has 1 N–H and O–H groups in total. The molecule has 6 heteroatoms. The Balaban J connectivity index is 2.23. The molecular formula is C13H21N3O3. The second-order valence-electron chi connectivity index (χ2n) is 4.88. The summed E-state index contributed by atoms with van der Waals surface area (Å²) < 4.78 is 12.3. The van der Waals surface area contributed by atoms with Crippen molar-refractivity contribution in [1.82, 2.24) is 15.1 Å². The van der Waals surface area contributed by atoms with E-state index in [2.05, 4.69) is 10.4 Å². The van der Waals surface area contributed by atoms with Crippen LogP contribution in [-0.2, 0) is 22.9 Å². The van der Waals surface area contributed by atoms with E-state index < -0.39 is 0 Å². The largest absolute Gasteiger partial charge is 0.383 e. The summed E-state index contributed by atoms with van der Waals surface area (Å²) in [5, 5.41) is 7.26. The highest BCUT2D eigenvalue weighted by Crippen LogP contribution is 2.30. The van der Waals surface area contributed by atoms with E-state index in [0.29, 0.717) is 18.8 Å². The van der Waals surface area contributed by atoms with Gasteiger partial charge in [-0.15, -0.1) is 0 Å². The van der Waals surface area contributed by atoms with Crippen LogP contribution in [0.2, 0.25) is 0 Å². The van der Waals surface area contributed by atoms with Crippen molar-refractivity contribution in [2.75, 3.05) is 20.3 Å². The molecule has 0 bridgehead atoms. The number of nitrogens with zero attached hydrogens (tertiary/aromatic N) is 2. The molecule has 0 spiro atoms. The van der Waals surface area contributed by atoms with Crippen molar-refractivity contribution < 1.29 is 14.3 Å². The summed E-state index contributed by atoms with van der Waals surface area (Å²) in [5.74, 6) is -0.102. The minimum Gasteiger partial charge on any atom is -0.383 e. The number of hydrogen-bond donors (Lipinski definition) is 1. The molecule has 0 fully saturated rings. The lowest BCUT2D eigenvalue weighted by Gasteiger charge is -2.24. The fourth-order valence-corrected chi connectivity index (χ4v) is 2.50. The number of aryl methyl sites for hydroxylation is 1. The first-order valence-corrected chi connectivity index (χ1v) is 6.53. The summed E-state index contributed by atoms with van der Waals surface area (Å²) in [6.45, 7) is 4.98. The van der Waals surface area contributed by atoms with Crippen LogP contribution in [-0.4, -0.2) is 42.1 Å². The third-order valence-electron chi connectivity index (χ3n) is 3.30. The molecule has 0 saturated heterocycles. The van der Waals surface area contributed by atoms with Crippen LogP contribution in [0.3, 0.4) is 0 Å². The van der Waals surface area contributed by atoms with Crippen LogP contribution in [0.5, 0.6) is 0 Å². The predicted octanol–water partition coefficient (Wildman–Crippen LogP) is 0.818. The van der Waals surface area contributed by atoms with Gasteiger partial charge in [-0.1, -0.05) is 0 Å². The van der Waals surface area contributed by atoms with Crippen LogP contribution in [0, 0.1) is 0 Å². The average molecular weight is 267 g/mol. The first-order valence-electron chi connectivity index (χ1n) is 6.53. The van der Waals surface area contributed by atoms with Gasteiger partial charge in [-0.25, -0.2) is 0 Å². The smallest absolute Gasteiger partial charge is 0.269 e. The van der Waals surface area contributed by atoms with Crippen LogP contribution in [0.15, 0.2) is 0 Å². The van der Waals surface area contributed by atoms with Crippen LogP contribution < -0.4 is 5.32 Å². The molecule has 0 aliphatic carbocycles. The molecule has 6 nitrogen and oxygen atoms in total. The lowest BCUT2D eigenvalue weighted by molar-refractivity contribution is -0.00710. The number of aromatic nitrogens is 2. The minimum absolute atomic E-state index is 0.0644. The molecule has 1 aromatic rings. The summed E-state index contributed by atoms with van der Waals surface area (Å²) in [5.41, 5.74) is 2.51. The second-order valence-corrected chi connectivity index (χ2v) is 4.88. The normalized spacial score (nSPS) is 22.1. The molecule has 0 unspecified atom stereocenters. The predicted molar refractivity (Wildman–Crippen MR) is 70.1 cm³/mol. The van der Waals surface area contributed by atoms with E-state index >= 15 is 0 Å². The first-order chi connectivity index (χ1) is 9.04. The van der Waals surface area contributed by atoms with Crippen molar-refractivity contribution in [3.8, 4) is 0 Å². The van der Waals surface area contributed by atoms with Crippen LogP contribution in [0.25, 0.3) is 0 Å². The molecule has 1 aliphatic heterocycles. The number of hydrogen-bond acceptors (Lipinski definition) is 4. The fraction of sp³-hybridized carbons (Fsp3) is 0.692. The lowest BCUT2D eigenvalue weighted by atomic mass is 9.99. The molecule has 2 rings (SSSR count). The SMILES string of the molecule is COCCNC(=O)c1c2c(nn1C)[C@H](C)O[C@H](C)C2. The third-order valence-corrected chi connectivity index (χ3v) is 3.30. The number of carbonyl (C=O) groups is 1. The maximum Gasteiger partial charge on any atom is 0.269 e. The highest BCUT2D eigenvalue weighted by atomic mass is 16.5. The van der Waals surface area contributed by atoms with Gasteiger partial charge < -0.3 is 14.8 Å². The standard InChI is InChI=1S/C13H21N3O3/c1-8-7-10-11(9(2)19-8)15-16(3)12(10)13(17)14-5-6-18-4/h8-9H,5-7H2,1-4H3,(H,14,17)/t8-,9+/m1/s1. The Morgan fingerprint density at radius 1 is 1.58 bits per heavy atom. The number of methoxy groups -OCH3 is 1. The maximum absolute atomic E-state index is 12.2. The quantitative estimate of drug-likeness (QED) is 0.820. The maximum atomic E-state index is 12.2. The third kappa shape index (κ3) is 2.79. The molecule has 1 aromatic heterocycles. The van der Waals surface area contributed by atoms with E-state index in [1.165, 1.54) is 0 Å². The second kappa shape index (κ2) is 5.71. The van der Waals surface area contributed by atoms with Crippen molar-refractivity contribution >= 4 is 5.91 Å². The van der Waals surface area contributed by atoms with Gasteiger partial charge in [0.25, 0.3) is 5.91 Å². The molecule has 0 radical (unpaired) electrons. The van der Waals surface area contributed by atoms with Crippen LogP contribution in [0.1, 0.15) is 41.7 Å². The van der Waals surface area contributed by atoms with E-state index in [9.17, 15) is 4.79 Å². The number of fused-ring (bicyclic) bond motifs is 1. The summed E-state index contributed by atoms with van der Waals surface area (Å²) in [4.78, 5) is 12.2. The van der Waals surface area contributed by atoms with Gasteiger partial charge in [-0.2, -0.15) is 5.10 Å². The topological polar surface area (TPSA) is 65.4 Å². The molecule has 0 saturated carbocycles. The van der Waals surface area contributed by atoms with Gasteiger partial charge in [0.05, 0.1) is 24.5 Å². The van der Waals surface area contributed by atoms with Gasteiger partial charge >= 0.3 is 0 Å². The van der Waals surface area contributed by atoms with Gasteiger partial charge in [-0.3, -0.25) is 9.48 Å². The average Bonchev–Trinajstić information content (AvgIpc) is 2.66. The van der Waals surface area contributed by atoms with Crippen molar-refractivity contribution in [3.63, 3.8) is 0 Å². The number of ether oxygens (including phenoxy) is 2. The van der Waals surface area contributed by atoms with Gasteiger partial charge in [0.15, 0.2) is 0 Å². The number of rotatable bonds is 4. The van der Waals surface area contributed by atoms with Crippen molar-refractivity contribution in [1.29, 1.82) is 0 Å². The van der Waals surface area contributed by atoms with E-state index in [4.69, 9.17) is 9.47 Å². The van der Waals surface area contributed by atoms with E-state index in [0.717, 1.165) is 17.7 Å². The number of nitrogens with one attached hydrogen (secondary N) is 1. The van der Waals surface area contributed by atoms with E-state index in [1.54, 1.807) is 18.8 Å². The number of carbonyl (C=O) groups excluding carboxylic acids is 1. The van der Waals surface area contributed by atoms with Gasteiger partial charge in [0.1, 0.15) is 5.69 Å². The lowest BCUT2D eigenvalue weighted by Crippen LogP contribution is -2.30. The van der Waals surface area contributed by atoms with E-state index in [1.807, 2.05) is 13.8 Å². The van der Waals surface area contributed by atoms with Crippen LogP contribution >= 0.6 is 0 Å². The highest BCUT2D eigenvalue weighted by molar-refractivity contribution is 5.94. The molecule has 2 heterocycles. The summed E-state index contributed by atoms with van der Waals surface area (Å²) in [6, 6.07) is 0. The Bertz CT molecular complexity index is 470. The van der Waals surface area contributed by atoms with Crippen molar-refractivity contribution in [2.24, 2.45) is 7.05 Å². The molecule has 19 heavy (non-hydrogen) atoms. The summed E-state index contributed by atoms with van der Waals surface area (Å²) in [7, 11) is 3.40. The fourth-order valence-electron chi connectivity index (χ4n) is 2.50. The van der Waals surface area contributed by atoms with Gasteiger partial charge in [0.2, 0.25) is 0 Å². The number of amides is 1. The Hall–Kier alpha value is -1.40. The molecule has 1 amide bonds. The summed E-state index contributed by atoms with van der Waals surface area (Å²) in [6.07, 6.45) is 0.767. The minimum atomic E-state index is -0.102.